The highest BCUT2D eigenvalue weighted by Gasteiger charge is 1.82. The first-order chi connectivity index (χ1) is 3.77. The largest absolute Gasteiger partial charge is 0.299 e. The summed E-state index contributed by atoms with van der Waals surface area (Å²) in [6.07, 6.45) is 3.64. The Morgan fingerprint density at radius 1 is 1.75 bits per heavy atom. The second-order valence-corrected chi connectivity index (χ2v) is 0.893. The second-order valence-electron chi connectivity index (χ2n) is 0.893. The van der Waals surface area contributed by atoms with E-state index in [4.69, 9.17) is 0 Å². The topological polar surface area (TPSA) is 52.4 Å². The molecule has 0 amide bonds. The van der Waals surface area contributed by atoms with E-state index < -0.39 is 5.09 Å². The zero-order chi connectivity index (χ0) is 6.41. The van der Waals surface area contributed by atoms with E-state index in [1.54, 1.807) is 0 Å². The van der Waals surface area contributed by atoms with Gasteiger partial charge in [0, 0.05) is 0 Å². The molecule has 0 atom stereocenters. The van der Waals surface area contributed by atoms with Crippen molar-refractivity contribution in [1.82, 2.24) is 0 Å². The highest BCUT2D eigenvalue weighted by atomic mass is 16.9. The third kappa shape index (κ3) is 4.68. The van der Waals surface area contributed by atoms with Crippen LogP contribution < -0.4 is 0 Å². The van der Waals surface area contributed by atoms with E-state index in [1.807, 2.05) is 0 Å². The fourth-order valence-electron chi connectivity index (χ4n) is 0.140. The molecule has 0 N–H and O–H groups in total. The fraction of sp³-hybridized carbons (Fsp3) is 0. The van der Waals surface area contributed by atoms with Crippen molar-refractivity contribution in [3.8, 4) is 0 Å². The molecule has 0 aromatic rings. The van der Waals surface area contributed by atoms with Crippen LogP contribution in [-0.4, -0.2) is 5.09 Å². The SMILES string of the molecule is C=C/C=C/O[N+](=O)[O-]. The van der Waals surface area contributed by atoms with Gasteiger partial charge >= 0.3 is 0 Å². The number of hydrogen-bond donors (Lipinski definition) is 0. The summed E-state index contributed by atoms with van der Waals surface area (Å²) in [6.45, 7) is 3.27. The summed E-state index contributed by atoms with van der Waals surface area (Å²) >= 11 is 0. The molecule has 44 valence electrons. The van der Waals surface area contributed by atoms with Gasteiger partial charge in [-0.25, -0.2) is 0 Å². The Kier molecular flexibility index (Phi) is 3.22. The third-order valence-corrected chi connectivity index (χ3v) is 0.362. The summed E-state index contributed by atoms with van der Waals surface area (Å²) in [5, 5.41) is 8.47. The molecule has 0 unspecified atom stereocenters. The third-order valence-electron chi connectivity index (χ3n) is 0.362. The van der Waals surface area contributed by atoms with Gasteiger partial charge in [-0.3, -0.25) is 4.84 Å². The van der Waals surface area contributed by atoms with Crippen LogP contribution in [0.3, 0.4) is 0 Å². The Morgan fingerprint density at radius 2 is 2.38 bits per heavy atom. The summed E-state index contributed by atoms with van der Waals surface area (Å²) in [4.78, 5) is 13.1. The van der Waals surface area contributed by atoms with Crippen LogP contribution in [0.1, 0.15) is 0 Å². The minimum Gasteiger partial charge on any atom is -0.284 e. The summed E-state index contributed by atoms with van der Waals surface area (Å²) in [5.41, 5.74) is 0. The molecule has 0 heterocycles. The lowest BCUT2D eigenvalue weighted by atomic mass is 10.6. The monoisotopic (exact) mass is 115 g/mol. The number of nitrogens with zero attached hydrogens (tertiary/aromatic N) is 1. The first-order valence-corrected chi connectivity index (χ1v) is 1.86. The maximum Gasteiger partial charge on any atom is 0.299 e. The van der Waals surface area contributed by atoms with Crippen LogP contribution in [0.4, 0.5) is 0 Å². The first-order valence-electron chi connectivity index (χ1n) is 1.86. The van der Waals surface area contributed by atoms with Crippen molar-refractivity contribution in [2.75, 3.05) is 0 Å². The van der Waals surface area contributed by atoms with Crippen LogP contribution in [-0.2, 0) is 4.84 Å². The van der Waals surface area contributed by atoms with Gasteiger partial charge in [-0.05, 0) is 6.08 Å². The highest BCUT2D eigenvalue weighted by molar-refractivity contribution is 4.92. The smallest absolute Gasteiger partial charge is 0.284 e. The molecule has 0 aliphatic carbocycles. The normalized spacial score (nSPS) is 9.00. The summed E-state index contributed by atoms with van der Waals surface area (Å²) < 4.78 is 0. The average molecular weight is 115 g/mol. The van der Waals surface area contributed by atoms with Crippen molar-refractivity contribution < 1.29 is 9.92 Å². The number of rotatable bonds is 3. The van der Waals surface area contributed by atoms with Crippen molar-refractivity contribution in [1.29, 1.82) is 0 Å². The quantitative estimate of drug-likeness (QED) is 0.237. The van der Waals surface area contributed by atoms with Gasteiger partial charge < -0.3 is 0 Å². The fourth-order valence-corrected chi connectivity index (χ4v) is 0.140. The van der Waals surface area contributed by atoms with Gasteiger partial charge in [0.1, 0.15) is 0 Å². The van der Waals surface area contributed by atoms with Gasteiger partial charge in [-0.1, -0.05) is 12.7 Å². The van der Waals surface area contributed by atoms with Gasteiger partial charge in [0.15, 0.2) is 0 Å². The summed E-state index contributed by atoms with van der Waals surface area (Å²) in [6, 6.07) is 0. The van der Waals surface area contributed by atoms with Crippen LogP contribution in [0.2, 0.25) is 0 Å². The van der Waals surface area contributed by atoms with Crippen molar-refractivity contribution in [2.24, 2.45) is 0 Å². The Hall–Kier alpha value is -1.32. The maximum absolute atomic E-state index is 9.37. The Bertz CT molecular complexity index is 118. The molecular weight excluding hydrogens is 110 g/mol. The molecule has 4 heteroatoms. The van der Waals surface area contributed by atoms with Gasteiger partial charge in [-0.15, -0.1) is 10.1 Å². The average Bonchev–Trinajstić information content (AvgIpc) is 1.66. The zero-order valence-corrected chi connectivity index (χ0v) is 4.11. The lowest BCUT2D eigenvalue weighted by Gasteiger charge is -1.80. The van der Waals surface area contributed by atoms with Crippen molar-refractivity contribution >= 4 is 0 Å². The molecule has 0 bridgehead atoms. The van der Waals surface area contributed by atoms with Gasteiger partial charge in [-0.2, -0.15) is 0 Å². The van der Waals surface area contributed by atoms with E-state index in [-0.39, 0.29) is 0 Å². The second kappa shape index (κ2) is 3.86. The minimum atomic E-state index is -0.903. The molecule has 8 heavy (non-hydrogen) atoms. The molecule has 0 radical (unpaired) electrons. The van der Waals surface area contributed by atoms with E-state index in [2.05, 4.69) is 11.4 Å². The standard InChI is InChI=1S/C4H5NO3/c1-2-3-4-8-5(6)7/h2-4H,1H2/b4-3+. The highest BCUT2D eigenvalue weighted by Crippen LogP contribution is 1.76. The van der Waals surface area contributed by atoms with Crippen LogP contribution >= 0.6 is 0 Å². The Morgan fingerprint density at radius 3 is 2.75 bits per heavy atom. The lowest BCUT2D eigenvalue weighted by molar-refractivity contribution is -0.737. The van der Waals surface area contributed by atoms with Crippen LogP contribution in [0.5, 0.6) is 0 Å². The van der Waals surface area contributed by atoms with E-state index in [0.29, 0.717) is 0 Å². The van der Waals surface area contributed by atoms with E-state index in [0.717, 1.165) is 6.26 Å². The predicted molar refractivity (Wildman–Crippen MR) is 27.4 cm³/mol. The summed E-state index contributed by atoms with van der Waals surface area (Å²) in [5.74, 6) is 0. The number of allylic oxidation sites excluding steroid dienone is 2. The van der Waals surface area contributed by atoms with Gasteiger partial charge in [0.2, 0.25) is 0 Å². The molecule has 0 saturated carbocycles. The van der Waals surface area contributed by atoms with Crippen LogP contribution in [0, 0.1) is 10.1 Å². The van der Waals surface area contributed by atoms with Crippen molar-refractivity contribution in [3.63, 3.8) is 0 Å². The molecule has 0 aliphatic rings. The van der Waals surface area contributed by atoms with Crippen molar-refractivity contribution in [2.45, 2.75) is 0 Å². The van der Waals surface area contributed by atoms with E-state index in [9.17, 15) is 10.1 Å². The molecular formula is C4H5NO3. The Labute approximate surface area is 46.2 Å². The van der Waals surface area contributed by atoms with Crippen molar-refractivity contribution in [3.05, 3.63) is 35.1 Å². The maximum atomic E-state index is 9.37. The molecule has 0 saturated heterocycles. The van der Waals surface area contributed by atoms with Crippen LogP contribution in [0.15, 0.2) is 25.0 Å². The molecule has 0 aliphatic heterocycles. The Balaban J connectivity index is 3.29. The predicted octanol–water partition coefficient (Wildman–Crippen LogP) is 0.894. The van der Waals surface area contributed by atoms with E-state index >= 15 is 0 Å². The molecule has 0 rings (SSSR count). The van der Waals surface area contributed by atoms with Crippen LogP contribution in [0.25, 0.3) is 0 Å². The van der Waals surface area contributed by atoms with E-state index in [1.165, 1.54) is 12.2 Å². The number of hydrogen-bond acceptors (Lipinski definition) is 3. The molecule has 0 fully saturated rings. The first kappa shape index (κ1) is 6.68. The molecule has 0 aromatic carbocycles. The minimum absolute atomic E-state index is 0.903. The summed E-state index contributed by atoms with van der Waals surface area (Å²) in [7, 11) is 0. The van der Waals surface area contributed by atoms with Gasteiger partial charge in [0.25, 0.3) is 5.09 Å². The van der Waals surface area contributed by atoms with Gasteiger partial charge in [0.05, 0.1) is 6.26 Å². The zero-order valence-electron chi connectivity index (χ0n) is 4.11. The molecule has 0 aromatic heterocycles. The molecule has 0 spiro atoms. The lowest BCUT2D eigenvalue weighted by Crippen LogP contribution is -1.91. The molecule has 4 nitrogen and oxygen atoms in total.